The molecule has 1 fully saturated rings. The fourth-order valence-corrected chi connectivity index (χ4v) is 2.84. The van der Waals surface area contributed by atoms with Gasteiger partial charge in [0, 0.05) is 6.07 Å². The first-order valence-corrected chi connectivity index (χ1v) is 8.18. The Balaban J connectivity index is 1.62. The number of carbonyl (C=O) groups excluding carboxylic acids is 1. The summed E-state index contributed by atoms with van der Waals surface area (Å²) in [5, 5.41) is 2.73. The van der Waals surface area contributed by atoms with Gasteiger partial charge in [-0.05, 0) is 43.2 Å². The standard InChI is InChI=1S/C18H18F3N3O2/c19-18(20,21)12-3-6-14(7-4-12)26-15-8-5-13(11-23-15)24-16(25)17(22)9-1-2-10-17/h3-8,11H,1-2,9-10,22H2,(H,24,25). The molecule has 1 aromatic carbocycles. The highest BCUT2D eigenvalue weighted by molar-refractivity contribution is 5.98. The van der Waals surface area contributed by atoms with Crippen molar-refractivity contribution in [2.45, 2.75) is 37.4 Å². The maximum atomic E-state index is 12.5. The average molecular weight is 365 g/mol. The van der Waals surface area contributed by atoms with Gasteiger partial charge in [-0.3, -0.25) is 4.79 Å². The Kier molecular flexibility index (Phi) is 4.86. The molecule has 0 bridgehead atoms. The summed E-state index contributed by atoms with van der Waals surface area (Å²) in [7, 11) is 0. The van der Waals surface area contributed by atoms with E-state index in [1.54, 1.807) is 6.07 Å². The summed E-state index contributed by atoms with van der Waals surface area (Å²) in [5.41, 5.74) is 4.98. The summed E-state index contributed by atoms with van der Waals surface area (Å²) in [6.07, 6.45) is 0.193. The molecule has 26 heavy (non-hydrogen) atoms. The Bertz CT molecular complexity index is 768. The summed E-state index contributed by atoms with van der Waals surface area (Å²) in [5.74, 6) is 0.188. The van der Waals surface area contributed by atoms with E-state index in [0.717, 1.165) is 25.0 Å². The second-order valence-corrected chi connectivity index (χ2v) is 6.33. The number of nitrogens with zero attached hydrogens (tertiary/aromatic N) is 1. The van der Waals surface area contributed by atoms with Gasteiger partial charge >= 0.3 is 6.18 Å². The summed E-state index contributed by atoms with van der Waals surface area (Å²) in [6, 6.07) is 7.43. The summed E-state index contributed by atoms with van der Waals surface area (Å²) in [6.45, 7) is 0. The molecule has 1 saturated carbocycles. The Morgan fingerprint density at radius 1 is 1.12 bits per heavy atom. The lowest BCUT2D eigenvalue weighted by atomic mass is 9.98. The third-order valence-corrected chi connectivity index (χ3v) is 4.35. The Morgan fingerprint density at radius 2 is 1.77 bits per heavy atom. The number of alkyl halides is 3. The molecule has 0 radical (unpaired) electrons. The molecule has 0 saturated heterocycles. The van der Waals surface area contributed by atoms with Gasteiger partial charge in [0.15, 0.2) is 0 Å². The number of aromatic nitrogens is 1. The van der Waals surface area contributed by atoms with Crippen LogP contribution >= 0.6 is 0 Å². The SMILES string of the molecule is NC1(C(=O)Nc2ccc(Oc3ccc(C(F)(F)F)cc3)nc2)CCCC1. The van der Waals surface area contributed by atoms with Crippen LogP contribution in [0.5, 0.6) is 11.6 Å². The van der Waals surface area contributed by atoms with Crippen LogP contribution in [0.15, 0.2) is 42.6 Å². The number of anilines is 1. The number of hydrogen-bond donors (Lipinski definition) is 2. The van der Waals surface area contributed by atoms with Gasteiger partial charge in [-0.15, -0.1) is 0 Å². The van der Waals surface area contributed by atoms with E-state index < -0.39 is 17.3 Å². The van der Waals surface area contributed by atoms with Crippen molar-refractivity contribution < 1.29 is 22.7 Å². The fraction of sp³-hybridized carbons (Fsp3) is 0.333. The van der Waals surface area contributed by atoms with Gasteiger partial charge in [-0.2, -0.15) is 13.2 Å². The van der Waals surface area contributed by atoms with Crippen LogP contribution in [0.4, 0.5) is 18.9 Å². The minimum Gasteiger partial charge on any atom is -0.439 e. The number of amides is 1. The van der Waals surface area contributed by atoms with E-state index in [4.69, 9.17) is 10.5 Å². The zero-order chi connectivity index (χ0) is 18.8. The molecular weight excluding hydrogens is 347 g/mol. The van der Waals surface area contributed by atoms with E-state index in [-0.39, 0.29) is 17.5 Å². The molecule has 5 nitrogen and oxygen atoms in total. The lowest BCUT2D eigenvalue weighted by Crippen LogP contribution is -2.48. The normalized spacial score (nSPS) is 16.3. The molecule has 1 aliphatic rings. The monoisotopic (exact) mass is 365 g/mol. The predicted octanol–water partition coefficient (Wildman–Crippen LogP) is 4.10. The molecule has 1 aromatic heterocycles. The van der Waals surface area contributed by atoms with E-state index >= 15 is 0 Å². The Hall–Kier alpha value is -2.61. The van der Waals surface area contributed by atoms with Crippen LogP contribution in [0.1, 0.15) is 31.2 Å². The smallest absolute Gasteiger partial charge is 0.416 e. The quantitative estimate of drug-likeness (QED) is 0.855. The zero-order valence-corrected chi connectivity index (χ0v) is 13.8. The molecule has 3 rings (SSSR count). The van der Waals surface area contributed by atoms with Gasteiger partial charge in [0.2, 0.25) is 11.8 Å². The largest absolute Gasteiger partial charge is 0.439 e. The van der Waals surface area contributed by atoms with Gasteiger partial charge in [0.25, 0.3) is 0 Å². The molecule has 2 aromatic rings. The average Bonchev–Trinajstić information content (AvgIpc) is 3.04. The highest BCUT2D eigenvalue weighted by atomic mass is 19.4. The number of nitrogens with one attached hydrogen (secondary N) is 1. The van der Waals surface area contributed by atoms with Crippen LogP contribution in [-0.4, -0.2) is 16.4 Å². The fourth-order valence-electron chi connectivity index (χ4n) is 2.84. The minimum atomic E-state index is -4.39. The molecule has 138 valence electrons. The van der Waals surface area contributed by atoms with E-state index in [9.17, 15) is 18.0 Å². The van der Waals surface area contributed by atoms with Crippen LogP contribution in [0.25, 0.3) is 0 Å². The molecule has 0 unspecified atom stereocenters. The van der Waals surface area contributed by atoms with Crippen LogP contribution < -0.4 is 15.8 Å². The first kappa shape index (κ1) is 18.2. The van der Waals surface area contributed by atoms with Crippen molar-refractivity contribution in [2.24, 2.45) is 5.73 Å². The Labute approximate surface area is 148 Å². The number of pyridine rings is 1. The van der Waals surface area contributed by atoms with Crippen molar-refractivity contribution in [1.82, 2.24) is 4.98 Å². The second-order valence-electron chi connectivity index (χ2n) is 6.33. The minimum absolute atomic E-state index is 0.200. The molecule has 0 aliphatic heterocycles. The first-order valence-electron chi connectivity index (χ1n) is 8.18. The maximum Gasteiger partial charge on any atom is 0.416 e. The third kappa shape index (κ3) is 4.13. The highest BCUT2D eigenvalue weighted by Gasteiger charge is 2.37. The van der Waals surface area contributed by atoms with Crippen molar-refractivity contribution in [3.63, 3.8) is 0 Å². The number of rotatable bonds is 4. The topological polar surface area (TPSA) is 77.2 Å². The number of ether oxygens (including phenoxy) is 1. The molecule has 1 aliphatic carbocycles. The third-order valence-electron chi connectivity index (χ3n) is 4.35. The number of carbonyl (C=O) groups is 1. The predicted molar refractivity (Wildman–Crippen MR) is 89.8 cm³/mol. The van der Waals surface area contributed by atoms with Gasteiger partial charge in [-0.1, -0.05) is 12.8 Å². The number of halogens is 3. The van der Waals surface area contributed by atoms with Crippen molar-refractivity contribution in [3.05, 3.63) is 48.2 Å². The van der Waals surface area contributed by atoms with E-state index in [1.165, 1.54) is 24.4 Å². The van der Waals surface area contributed by atoms with E-state index in [0.29, 0.717) is 18.5 Å². The van der Waals surface area contributed by atoms with Gasteiger partial charge in [0.1, 0.15) is 5.75 Å². The maximum absolute atomic E-state index is 12.5. The molecule has 0 atom stereocenters. The van der Waals surface area contributed by atoms with Crippen LogP contribution in [0.3, 0.4) is 0 Å². The number of hydrogen-bond acceptors (Lipinski definition) is 4. The van der Waals surface area contributed by atoms with E-state index in [2.05, 4.69) is 10.3 Å². The van der Waals surface area contributed by atoms with E-state index in [1.807, 2.05) is 0 Å². The number of benzene rings is 1. The van der Waals surface area contributed by atoms with Gasteiger partial charge in [0.05, 0.1) is 23.0 Å². The molecule has 3 N–H and O–H groups in total. The van der Waals surface area contributed by atoms with Crippen LogP contribution in [-0.2, 0) is 11.0 Å². The molecular formula is C18H18F3N3O2. The van der Waals surface area contributed by atoms with Crippen molar-refractivity contribution in [3.8, 4) is 11.6 Å². The van der Waals surface area contributed by atoms with Crippen molar-refractivity contribution >= 4 is 11.6 Å². The molecule has 1 amide bonds. The lowest BCUT2D eigenvalue weighted by Gasteiger charge is -2.22. The second kappa shape index (κ2) is 6.95. The van der Waals surface area contributed by atoms with Crippen molar-refractivity contribution in [2.75, 3.05) is 5.32 Å². The van der Waals surface area contributed by atoms with Crippen molar-refractivity contribution in [1.29, 1.82) is 0 Å². The van der Waals surface area contributed by atoms with Gasteiger partial charge < -0.3 is 15.8 Å². The molecule has 0 spiro atoms. The number of nitrogens with two attached hydrogens (primary N) is 1. The highest BCUT2D eigenvalue weighted by Crippen LogP contribution is 2.31. The summed E-state index contributed by atoms with van der Waals surface area (Å²) in [4.78, 5) is 16.3. The summed E-state index contributed by atoms with van der Waals surface area (Å²) >= 11 is 0. The van der Waals surface area contributed by atoms with Crippen LogP contribution in [0.2, 0.25) is 0 Å². The van der Waals surface area contributed by atoms with Crippen LogP contribution in [0, 0.1) is 0 Å². The summed E-state index contributed by atoms with van der Waals surface area (Å²) < 4.78 is 43.0. The molecule has 1 heterocycles. The molecule has 8 heteroatoms. The Morgan fingerprint density at radius 3 is 2.31 bits per heavy atom. The zero-order valence-electron chi connectivity index (χ0n) is 13.8. The first-order chi connectivity index (χ1) is 12.3. The van der Waals surface area contributed by atoms with Gasteiger partial charge in [-0.25, -0.2) is 4.98 Å². The lowest BCUT2D eigenvalue weighted by molar-refractivity contribution is -0.137.